The number of aromatic nitrogens is 2. The SMILES string of the molecule is Cc1cccc(C)c1Cn1nc(I)c2ccc(Br)cc21. The van der Waals surface area contributed by atoms with E-state index in [9.17, 15) is 0 Å². The third-order valence-electron chi connectivity index (χ3n) is 3.62. The van der Waals surface area contributed by atoms with Gasteiger partial charge in [0.1, 0.15) is 3.70 Å². The lowest BCUT2D eigenvalue weighted by atomic mass is 10.0. The second-order valence-electron chi connectivity index (χ2n) is 4.98. The number of benzene rings is 2. The monoisotopic (exact) mass is 440 g/mol. The summed E-state index contributed by atoms with van der Waals surface area (Å²) < 4.78 is 4.23. The molecule has 0 aliphatic carbocycles. The quantitative estimate of drug-likeness (QED) is 0.508. The maximum atomic E-state index is 4.69. The Bertz CT molecular complexity index is 772. The summed E-state index contributed by atoms with van der Waals surface area (Å²) in [5, 5.41) is 5.90. The molecule has 3 aromatic rings. The fourth-order valence-electron chi connectivity index (χ4n) is 2.48. The van der Waals surface area contributed by atoms with E-state index in [1.807, 2.05) is 0 Å². The predicted molar refractivity (Wildman–Crippen MR) is 95.2 cm³/mol. The van der Waals surface area contributed by atoms with Crippen LogP contribution in [0.5, 0.6) is 0 Å². The zero-order valence-electron chi connectivity index (χ0n) is 11.3. The van der Waals surface area contributed by atoms with Crippen molar-refractivity contribution in [2.45, 2.75) is 20.4 Å². The average molecular weight is 441 g/mol. The summed E-state index contributed by atoms with van der Waals surface area (Å²) in [4.78, 5) is 0. The molecule has 0 unspecified atom stereocenters. The van der Waals surface area contributed by atoms with Crippen molar-refractivity contribution in [2.75, 3.05) is 0 Å². The molecule has 4 heteroatoms. The number of halogens is 2. The van der Waals surface area contributed by atoms with Crippen LogP contribution in [-0.4, -0.2) is 9.78 Å². The molecule has 1 aromatic heterocycles. The van der Waals surface area contributed by atoms with Crippen LogP contribution in [0.4, 0.5) is 0 Å². The molecule has 0 N–H and O–H groups in total. The van der Waals surface area contributed by atoms with Crippen LogP contribution < -0.4 is 0 Å². The first-order chi connectivity index (χ1) is 9.56. The van der Waals surface area contributed by atoms with Crippen molar-refractivity contribution in [3.63, 3.8) is 0 Å². The van der Waals surface area contributed by atoms with Crippen molar-refractivity contribution < 1.29 is 0 Å². The van der Waals surface area contributed by atoms with Crippen LogP contribution in [0.1, 0.15) is 16.7 Å². The second kappa shape index (κ2) is 5.48. The molecule has 0 spiro atoms. The molecule has 0 bridgehead atoms. The first-order valence-electron chi connectivity index (χ1n) is 6.43. The predicted octanol–water partition coefficient (Wildman–Crippen LogP) is 5.07. The number of hydrogen-bond acceptors (Lipinski definition) is 1. The van der Waals surface area contributed by atoms with Crippen molar-refractivity contribution in [1.29, 1.82) is 0 Å². The second-order valence-corrected chi connectivity index (χ2v) is 6.92. The molecule has 0 saturated heterocycles. The minimum absolute atomic E-state index is 0.814. The third-order valence-corrected chi connectivity index (χ3v) is 4.91. The van der Waals surface area contributed by atoms with Gasteiger partial charge < -0.3 is 0 Å². The topological polar surface area (TPSA) is 17.8 Å². The molecule has 102 valence electrons. The molecular weight excluding hydrogens is 427 g/mol. The molecule has 0 amide bonds. The lowest BCUT2D eigenvalue weighted by Gasteiger charge is -2.10. The molecule has 0 fully saturated rings. The van der Waals surface area contributed by atoms with Crippen LogP contribution in [0.15, 0.2) is 40.9 Å². The van der Waals surface area contributed by atoms with Crippen molar-refractivity contribution in [2.24, 2.45) is 0 Å². The summed E-state index contributed by atoms with van der Waals surface area (Å²) >= 11 is 5.85. The van der Waals surface area contributed by atoms with Gasteiger partial charge in [0.25, 0.3) is 0 Å². The van der Waals surface area contributed by atoms with Crippen LogP contribution in [-0.2, 0) is 6.54 Å². The van der Waals surface area contributed by atoms with E-state index in [0.717, 1.165) is 14.7 Å². The highest BCUT2D eigenvalue weighted by molar-refractivity contribution is 14.1. The van der Waals surface area contributed by atoms with Crippen molar-refractivity contribution >= 4 is 49.4 Å². The largest absolute Gasteiger partial charge is 0.259 e. The zero-order chi connectivity index (χ0) is 14.3. The fourth-order valence-corrected chi connectivity index (χ4v) is 3.54. The Morgan fingerprint density at radius 3 is 2.55 bits per heavy atom. The third kappa shape index (κ3) is 2.51. The van der Waals surface area contributed by atoms with Gasteiger partial charge in [-0.15, -0.1) is 0 Å². The highest BCUT2D eigenvalue weighted by atomic mass is 127. The fraction of sp³-hybridized carbons (Fsp3) is 0.188. The molecule has 2 nitrogen and oxygen atoms in total. The van der Waals surface area contributed by atoms with Gasteiger partial charge in [0, 0.05) is 9.86 Å². The van der Waals surface area contributed by atoms with E-state index in [1.54, 1.807) is 0 Å². The van der Waals surface area contributed by atoms with Crippen molar-refractivity contribution in [3.05, 3.63) is 61.3 Å². The van der Waals surface area contributed by atoms with Gasteiger partial charge in [-0.1, -0.05) is 34.1 Å². The van der Waals surface area contributed by atoms with Gasteiger partial charge in [-0.25, -0.2) is 0 Å². The van der Waals surface area contributed by atoms with Gasteiger partial charge in [-0.05, 0) is 71.3 Å². The molecule has 0 saturated carbocycles. The van der Waals surface area contributed by atoms with Gasteiger partial charge in [-0.3, -0.25) is 4.68 Å². The standard InChI is InChI=1S/C16H14BrIN2/c1-10-4-3-5-11(2)14(10)9-20-15-8-12(17)6-7-13(15)16(18)19-20/h3-8H,9H2,1-2H3. The first-order valence-corrected chi connectivity index (χ1v) is 8.30. The highest BCUT2D eigenvalue weighted by Gasteiger charge is 2.11. The van der Waals surface area contributed by atoms with Crippen LogP contribution >= 0.6 is 38.5 Å². The summed E-state index contributed by atoms with van der Waals surface area (Å²) in [6.45, 7) is 5.14. The molecular formula is C16H14BrIN2. The molecule has 3 rings (SSSR count). The highest BCUT2D eigenvalue weighted by Crippen LogP contribution is 2.25. The average Bonchev–Trinajstić information content (AvgIpc) is 2.70. The molecule has 0 aliphatic rings. The van der Waals surface area contributed by atoms with Gasteiger partial charge in [0.05, 0.1) is 12.1 Å². The van der Waals surface area contributed by atoms with Crippen molar-refractivity contribution in [1.82, 2.24) is 9.78 Å². The van der Waals surface area contributed by atoms with E-state index in [4.69, 9.17) is 5.10 Å². The van der Waals surface area contributed by atoms with E-state index in [2.05, 4.69) is 93.4 Å². The number of aryl methyl sites for hydroxylation is 2. The Labute approximate surface area is 140 Å². The summed E-state index contributed by atoms with van der Waals surface area (Å²) in [5.41, 5.74) is 5.16. The van der Waals surface area contributed by atoms with E-state index in [1.165, 1.54) is 27.6 Å². The zero-order valence-corrected chi connectivity index (χ0v) is 15.1. The van der Waals surface area contributed by atoms with Gasteiger partial charge in [0.2, 0.25) is 0 Å². The van der Waals surface area contributed by atoms with Crippen LogP contribution in [0, 0.1) is 17.5 Å². The smallest absolute Gasteiger partial charge is 0.131 e. The normalized spacial score (nSPS) is 11.2. The lowest BCUT2D eigenvalue weighted by Crippen LogP contribution is -2.05. The molecule has 0 radical (unpaired) electrons. The molecule has 1 heterocycles. The Morgan fingerprint density at radius 2 is 1.85 bits per heavy atom. The van der Waals surface area contributed by atoms with E-state index < -0.39 is 0 Å². The van der Waals surface area contributed by atoms with Gasteiger partial charge >= 0.3 is 0 Å². The minimum Gasteiger partial charge on any atom is -0.259 e. The minimum atomic E-state index is 0.814. The Balaban J connectivity index is 2.14. The lowest BCUT2D eigenvalue weighted by molar-refractivity contribution is 0.699. The summed E-state index contributed by atoms with van der Waals surface area (Å²) in [7, 11) is 0. The Morgan fingerprint density at radius 1 is 1.15 bits per heavy atom. The molecule has 0 aliphatic heterocycles. The maximum Gasteiger partial charge on any atom is 0.131 e. The molecule has 2 aromatic carbocycles. The van der Waals surface area contributed by atoms with Crippen LogP contribution in [0.3, 0.4) is 0 Å². The van der Waals surface area contributed by atoms with Crippen molar-refractivity contribution in [3.8, 4) is 0 Å². The number of hydrogen-bond donors (Lipinski definition) is 0. The van der Waals surface area contributed by atoms with Gasteiger partial charge in [0.15, 0.2) is 0 Å². The Kier molecular flexibility index (Phi) is 3.86. The van der Waals surface area contributed by atoms with E-state index >= 15 is 0 Å². The maximum absolute atomic E-state index is 4.69. The number of nitrogens with zero attached hydrogens (tertiary/aromatic N) is 2. The number of fused-ring (bicyclic) bond motifs is 1. The van der Waals surface area contributed by atoms with Gasteiger partial charge in [-0.2, -0.15) is 5.10 Å². The van der Waals surface area contributed by atoms with E-state index in [-0.39, 0.29) is 0 Å². The first kappa shape index (κ1) is 14.1. The Hall–Kier alpha value is -0.880. The molecule has 20 heavy (non-hydrogen) atoms. The van der Waals surface area contributed by atoms with Crippen LogP contribution in [0.2, 0.25) is 0 Å². The van der Waals surface area contributed by atoms with E-state index in [0.29, 0.717) is 0 Å². The number of rotatable bonds is 2. The summed E-state index contributed by atoms with van der Waals surface area (Å²) in [6, 6.07) is 12.8. The van der Waals surface area contributed by atoms with Crippen LogP contribution in [0.25, 0.3) is 10.9 Å². The molecule has 0 atom stereocenters. The summed E-state index contributed by atoms with van der Waals surface area (Å²) in [5.74, 6) is 0. The summed E-state index contributed by atoms with van der Waals surface area (Å²) in [6.07, 6.45) is 0.